The van der Waals surface area contributed by atoms with Crippen LogP contribution < -0.4 is 5.32 Å². The zero-order valence-corrected chi connectivity index (χ0v) is 11.8. The first-order valence-electron chi connectivity index (χ1n) is 6.10. The first-order chi connectivity index (χ1) is 9.20. The Morgan fingerprint density at radius 3 is 2.89 bits per heavy atom. The lowest BCUT2D eigenvalue weighted by Gasteiger charge is -2.09. The number of amides is 1. The Kier molecular flexibility index (Phi) is 4.65. The van der Waals surface area contributed by atoms with Crippen molar-refractivity contribution in [3.8, 4) is 11.3 Å². The highest BCUT2D eigenvalue weighted by atomic mass is 32.1. The van der Waals surface area contributed by atoms with Gasteiger partial charge >= 0.3 is 0 Å². The monoisotopic (exact) mass is 276 g/mol. The fourth-order valence-corrected chi connectivity index (χ4v) is 2.30. The van der Waals surface area contributed by atoms with Crippen LogP contribution in [-0.4, -0.2) is 24.1 Å². The predicted octanol–water partition coefficient (Wildman–Crippen LogP) is 3.09. The van der Waals surface area contributed by atoms with Crippen molar-refractivity contribution in [1.29, 1.82) is 0 Å². The molecule has 0 spiro atoms. The summed E-state index contributed by atoms with van der Waals surface area (Å²) in [7, 11) is 0. The highest BCUT2D eigenvalue weighted by Gasteiger charge is 2.10. The summed E-state index contributed by atoms with van der Waals surface area (Å²) >= 11 is 1.59. The van der Waals surface area contributed by atoms with Crippen LogP contribution in [0.3, 0.4) is 0 Å². The van der Waals surface area contributed by atoms with Crippen LogP contribution in [0.4, 0.5) is 5.69 Å². The number of carbonyl (C=O) groups excluding carboxylic acids is 1. The largest absolute Gasteiger partial charge is 0.372 e. The lowest BCUT2D eigenvalue weighted by molar-refractivity contribution is -0.120. The molecule has 100 valence electrons. The minimum absolute atomic E-state index is 0.0704. The topological polar surface area (TPSA) is 51.2 Å². The van der Waals surface area contributed by atoms with Crippen LogP contribution in [0.15, 0.2) is 29.6 Å². The molecule has 0 unspecified atom stereocenters. The van der Waals surface area contributed by atoms with Gasteiger partial charge in [0.25, 0.3) is 0 Å². The fourth-order valence-electron chi connectivity index (χ4n) is 1.68. The van der Waals surface area contributed by atoms with Crippen LogP contribution in [0.25, 0.3) is 11.3 Å². The van der Waals surface area contributed by atoms with Crippen LogP contribution in [0.5, 0.6) is 0 Å². The number of hydrogen-bond acceptors (Lipinski definition) is 4. The summed E-state index contributed by atoms with van der Waals surface area (Å²) < 4.78 is 5.09. The third kappa shape index (κ3) is 3.62. The Bertz CT molecular complexity index is 566. The van der Waals surface area contributed by atoms with Crippen LogP contribution in [0.1, 0.15) is 11.9 Å². The smallest absolute Gasteiger partial charge is 0.250 e. The van der Waals surface area contributed by atoms with Crippen molar-refractivity contribution in [3.05, 3.63) is 34.7 Å². The van der Waals surface area contributed by atoms with Crippen molar-refractivity contribution in [2.45, 2.75) is 13.8 Å². The van der Waals surface area contributed by atoms with Gasteiger partial charge in [0.2, 0.25) is 5.91 Å². The zero-order valence-electron chi connectivity index (χ0n) is 11.0. The summed E-state index contributed by atoms with van der Waals surface area (Å²) in [6.07, 6.45) is 0. The van der Waals surface area contributed by atoms with E-state index in [1.165, 1.54) is 0 Å². The predicted molar refractivity (Wildman–Crippen MR) is 77.4 cm³/mol. The average Bonchev–Trinajstić information content (AvgIpc) is 2.83. The molecule has 0 aliphatic rings. The van der Waals surface area contributed by atoms with E-state index in [2.05, 4.69) is 10.3 Å². The van der Waals surface area contributed by atoms with Crippen LogP contribution in [0.2, 0.25) is 0 Å². The number of nitrogens with one attached hydrogen (secondary N) is 1. The first kappa shape index (κ1) is 13.7. The van der Waals surface area contributed by atoms with Gasteiger partial charge in [-0.05, 0) is 19.9 Å². The van der Waals surface area contributed by atoms with Crippen molar-refractivity contribution in [3.63, 3.8) is 0 Å². The van der Waals surface area contributed by atoms with Gasteiger partial charge in [0, 0.05) is 17.6 Å². The molecule has 5 heteroatoms. The number of carbonyl (C=O) groups is 1. The van der Waals surface area contributed by atoms with Gasteiger partial charge in [-0.15, -0.1) is 11.3 Å². The van der Waals surface area contributed by atoms with Gasteiger partial charge in [0.15, 0.2) is 0 Å². The maximum Gasteiger partial charge on any atom is 0.250 e. The molecule has 4 nitrogen and oxygen atoms in total. The van der Waals surface area contributed by atoms with Gasteiger partial charge in [0.1, 0.15) is 6.61 Å². The summed E-state index contributed by atoms with van der Waals surface area (Å²) in [5.41, 5.74) is 2.57. The molecule has 2 aromatic rings. The second kappa shape index (κ2) is 6.45. The van der Waals surface area contributed by atoms with Crippen molar-refractivity contribution in [2.75, 3.05) is 18.5 Å². The van der Waals surface area contributed by atoms with Gasteiger partial charge in [-0.1, -0.05) is 18.2 Å². The molecule has 0 atom stereocenters. The van der Waals surface area contributed by atoms with Crippen molar-refractivity contribution in [2.24, 2.45) is 0 Å². The standard InChI is InChI=1S/C14H16N2O2S/c1-3-18-8-14(17)16-12-7-5-4-6-11(12)13-9-19-10(2)15-13/h4-7,9H,3,8H2,1-2H3,(H,16,17). The molecular weight excluding hydrogens is 260 g/mol. The molecule has 0 saturated heterocycles. The molecule has 0 radical (unpaired) electrons. The highest BCUT2D eigenvalue weighted by Crippen LogP contribution is 2.28. The molecule has 1 aromatic carbocycles. The number of para-hydroxylation sites is 1. The number of benzene rings is 1. The van der Waals surface area contributed by atoms with E-state index in [-0.39, 0.29) is 12.5 Å². The third-order valence-corrected chi connectivity index (χ3v) is 3.31. The minimum atomic E-state index is -0.152. The van der Waals surface area contributed by atoms with Crippen molar-refractivity contribution < 1.29 is 9.53 Å². The van der Waals surface area contributed by atoms with Gasteiger partial charge in [-0.25, -0.2) is 4.98 Å². The summed E-state index contributed by atoms with van der Waals surface area (Å²) in [6, 6.07) is 7.64. The Labute approximate surface area is 116 Å². The van der Waals surface area contributed by atoms with Crippen molar-refractivity contribution in [1.82, 2.24) is 4.98 Å². The molecule has 0 bridgehead atoms. The quantitative estimate of drug-likeness (QED) is 0.913. The molecule has 0 saturated carbocycles. The number of ether oxygens (including phenoxy) is 1. The normalized spacial score (nSPS) is 10.4. The Morgan fingerprint density at radius 1 is 1.42 bits per heavy atom. The number of anilines is 1. The highest BCUT2D eigenvalue weighted by molar-refractivity contribution is 7.09. The summed E-state index contributed by atoms with van der Waals surface area (Å²) in [5, 5.41) is 5.85. The van der Waals surface area contributed by atoms with E-state index >= 15 is 0 Å². The number of thiazole rings is 1. The average molecular weight is 276 g/mol. The second-order valence-corrected chi connectivity index (χ2v) is 5.04. The van der Waals surface area contributed by atoms with Crippen LogP contribution in [-0.2, 0) is 9.53 Å². The van der Waals surface area contributed by atoms with Gasteiger partial charge in [-0.2, -0.15) is 0 Å². The summed E-state index contributed by atoms with van der Waals surface area (Å²) in [6.45, 7) is 4.42. The molecule has 1 aromatic heterocycles. The van der Waals surface area contributed by atoms with E-state index in [1.54, 1.807) is 11.3 Å². The van der Waals surface area contributed by atoms with Crippen molar-refractivity contribution >= 4 is 22.9 Å². The van der Waals surface area contributed by atoms with E-state index in [4.69, 9.17) is 4.74 Å². The number of aryl methyl sites for hydroxylation is 1. The maximum absolute atomic E-state index is 11.7. The molecular formula is C14H16N2O2S. The summed E-state index contributed by atoms with van der Waals surface area (Å²) in [4.78, 5) is 16.2. The molecule has 1 heterocycles. The van der Waals surface area contributed by atoms with E-state index in [0.717, 1.165) is 22.0 Å². The van der Waals surface area contributed by atoms with Gasteiger partial charge < -0.3 is 10.1 Å². The number of rotatable bonds is 5. The number of hydrogen-bond donors (Lipinski definition) is 1. The Morgan fingerprint density at radius 2 is 2.21 bits per heavy atom. The molecule has 0 aliphatic heterocycles. The fraction of sp³-hybridized carbons (Fsp3) is 0.286. The molecule has 19 heavy (non-hydrogen) atoms. The maximum atomic E-state index is 11.7. The Balaban J connectivity index is 2.19. The van der Waals surface area contributed by atoms with Gasteiger partial charge in [0.05, 0.1) is 16.4 Å². The van der Waals surface area contributed by atoms with E-state index in [9.17, 15) is 4.79 Å². The van der Waals surface area contributed by atoms with E-state index in [0.29, 0.717) is 6.61 Å². The van der Waals surface area contributed by atoms with Crippen LogP contribution >= 0.6 is 11.3 Å². The molecule has 0 aliphatic carbocycles. The second-order valence-electron chi connectivity index (χ2n) is 3.98. The third-order valence-electron chi connectivity index (χ3n) is 2.53. The number of aromatic nitrogens is 1. The minimum Gasteiger partial charge on any atom is -0.372 e. The summed E-state index contributed by atoms with van der Waals surface area (Å²) in [5.74, 6) is -0.152. The SMILES string of the molecule is CCOCC(=O)Nc1ccccc1-c1csc(C)n1. The van der Waals surface area contributed by atoms with E-state index in [1.807, 2.05) is 43.5 Å². The molecule has 0 fully saturated rings. The number of nitrogens with zero attached hydrogens (tertiary/aromatic N) is 1. The van der Waals surface area contributed by atoms with Gasteiger partial charge in [-0.3, -0.25) is 4.79 Å². The van der Waals surface area contributed by atoms with E-state index < -0.39 is 0 Å². The zero-order chi connectivity index (χ0) is 13.7. The first-order valence-corrected chi connectivity index (χ1v) is 6.97. The molecule has 1 amide bonds. The lowest BCUT2D eigenvalue weighted by atomic mass is 10.1. The van der Waals surface area contributed by atoms with Crippen LogP contribution in [0, 0.1) is 6.92 Å². The lowest BCUT2D eigenvalue weighted by Crippen LogP contribution is -2.18. The Hall–Kier alpha value is -1.72. The molecule has 1 N–H and O–H groups in total. The molecule has 2 rings (SSSR count).